The largest absolute Gasteiger partial charge is 0.465 e. The van der Waals surface area contributed by atoms with E-state index in [1.165, 1.54) is 18.4 Å². The van der Waals surface area contributed by atoms with E-state index in [1.54, 1.807) is 0 Å². The number of ether oxygens (including phenoxy) is 1. The van der Waals surface area contributed by atoms with Gasteiger partial charge in [-0.3, -0.25) is 0 Å². The van der Waals surface area contributed by atoms with Crippen molar-refractivity contribution in [2.75, 3.05) is 12.9 Å². The van der Waals surface area contributed by atoms with Crippen molar-refractivity contribution in [1.82, 2.24) is 0 Å². The maximum atomic E-state index is 11.2. The Bertz CT molecular complexity index is 371. The Labute approximate surface area is 92.7 Å². The third-order valence-corrected chi connectivity index (χ3v) is 2.61. The van der Waals surface area contributed by atoms with Gasteiger partial charge in [-0.1, -0.05) is 11.8 Å². The molecule has 0 aliphatic rings. The van der Waals surface area contributed by atoms with Crippen molar-refractivity contribution >= 4 is 29.9 Å². The number of thiophene rings is 1. The molecule has 2 nitrogen and oxygen atoms in total. The summed E-state index contributed by atoms with van der Waals surface area (Å²) in [6, 6.07) is 1.82. The Morgan fingerprint density at radius 1 is 1.71 bits per heavy atom. The number of carbonyl (C=O) groups excluding carboxylic acids is 1. The zero-order chi connectivity index (χ0) is 10.4. The average Bonchev–Trinajstić information content (AvgIpc) is 2.65. The minimum atomic E-state index is -0.324. The lowest BCUT2D eigenvalue weighted by molar-refractivity contribution is 0.0606. The van der Waals surface area contributed by atoms with Crippen LogP contribution in [0.2, 0.25) is 0 Å². The van der Waals surface area contributed by atoms with E-state index in [9.17, 15) is 4.79 Å². The molecule has 0 atom stereocenters. The molecular weight excluding hydrogens is 216 g/mol. The van der Waals surface area contributed by atoms with E-state index >= 15 is 0 Å². The number of methoxy groups -OCH3 is 1. The number of hydrogen-bond acceptors (Lipinski definition) is 4. The first-order valence-electron chi connectivity index (χ1n) is 4.05. The van der Waals surface area contributed by atoms with E-state index in [0.29, 0.717) is 4.88 Å². The van der Waals surface area contributed by atoms with E-state index in [-0.39, 0.29) is 5.97 Å². The lowest BCUT2D eigenvalue weighted by Gasteiger charge is -1.94. The smallest absolute Gasteiger partial charge is 0.349 e. The van der Waals surface area contributed by atoms with Gasteiger partial charge in [-0.05, 0) is 11.4 Å². The Morgan fingerprint density at radius 3 is 3.14 bits per heavy atom. The molecule has 0 bridgehead atoms. The normalized spacial score (nSPS) is 9.00. The molecular formula is C10H10O2S2. The summed E-state index contributed by atoms with van der Waals surface area (Å²) in [5.74, 6) is 6.25. The van der Waals surface area contributed by atoms with E-state index in [1.807, 2.05) is 11.4 Å². The Balaban J connectivity index is 2.84. The maximum Gasteiger partial charge on any atom is 0.349 e. The number of rotatable bonds is 2. The summed E-state index contributed by atoms with van der Waals surface area (Å²) in [7, 11) is 1.37. The minimum Gasteiger partial charge on any atom is -0.465 e. The van der Waals surface area contributed by atoms with Gasteiger partial charge in [0.05, 0.1) is 7.11 Å². The van der Waals surface area contributed by atoms with Crippen molar-refractivity contribution in [1.29, 1.82) is 0 Å². The predicted octanol–water partition coefficient (Wildman–Crippen LogP) is 2.21. The highest BCUT2D eigenvalue weighted by Crippen LogP contribution is 2.16. The molecule has 1 rings (SSSR count). The van der Waals surface area contributed by atoms with Crippen LogP contribution in [0.15, 0.2) is 11.4 Å². The van der Waals surface area contributed by atoms with Crippen LogP contribution in [0, 0.1) is 11.8 Å². The summed E-state index contributed by atoms with van der Waals surface area (Å²) < 4.78 is 4.63. The Kier molecular flexibility index (Phi) is 4.57. The van der Waals surface area contributed by atoms with E-state index in [4.69, 9.17) is 0 Å². The quantitative estimate of drug-likeness (QED) is 0.475. The second-order valence-corrected chi connectivity index (χ2v) is 3.79. The molecule has 4 heteroatoms. The van der Waals surface area contributed by atoms with Gasteiger partial charge in [0.1, 0.15) is 4.88 Å². The second kappa shape index (κ2) is 5.74. The van der Waals surface area contributed by atoms with Gasteiger partial charge >= 0.3 is 5.97 Å². The zero-order valence-electron chi connectivity index (χ0n) is 7.74. The third kappa shape index (κ3) is 2.79. The molecule has 0 unspecified atom stereocenters. The molecule has 0 aliphatic carbocycles. The average molecular weight is 226 g/mol. The number of esters is 1. The van der Waals surface area contributed by atoms with Crippen LogP contribution < -0.4 is 0 Å². The highest BCUT2D eigenvalue weighted by Gasteiger charge is 2.11. The molecule has 74 valence electrons. The molecule has 14 heavy (non-hydrogen) atoms. The minimum absolute atomic E-state index is 0.324. The molecule has 0 aromatic carbocycles. The van der Waals surface area contributed by atoms with E-state index in [0.717, 1.165) is 17.7 Å². The van der Waals surface area contributed by atoms with Gasteiger partial charge in [0, 0.05) is 17.7 Å². The van der Waals surface area contributed by atoms with Crippen LogP contribution in [0.25, 0.3) is 0 Å². The van der Waals surface area contributed by atoms with Crippen molar-refractivity contribution in [2.45, 2.75) is 6.42 Å². The number of carbonyl (C=O) groups is 1. The zero-order valence-corrected chi connectivity index (χ0v) is 9.45. The van der Waals surface area contributed by atoms with Crippen LogP contribution in [0.3, 0.4) is 0 Å². The highest BCUT2D eigenvalue weighted by molar-refractivity contribution is 7.80. The van der Waals surface area contributed by atoms with Crippen LogP contribution in [-0.4, -0.2) is 18.8 Å². The van der Waals surface area contributed by atoms with Gasteiger partial charge < -0.3 is 4.74 Å². The maximum absolute atomic E-state index is 11.2. The fourth-order valence-electron chi connectivity index (χ4n) is 0.872. The molecule has 0 N–H and O–H groups in total. The van der Waals surface area contributed by atoms with Crippen molar-refractivity contribution in [3.05, 3.63) is 21.9 Å². The summed E-state index contributed by atoms with van der Waals surface area (Å²) >= 11 is 5.39. The molecule has 0 saturated carbocycles. The van der Waals surface area contributed by atoms with Crippen molar-refractivity contribution < 1.29 is 9.53 Å². The van der Waals surface area contributed by atoms with Crippen LogP contribution in [0.1, 0.15) is 21.7 Å². The van der Waals surface area contributed by atoms with E-state index in [2.05, 4.69) is 29.2 Å². The molecule has 0 radical (unpaired) electrons. The van der Waals surface area contributed by atoms with Crippen molar-refractivity contribution in [2.24, 2.45) is 0 Å². The molecule has 1 aromatic rings. The summed E-state index contributed by atoms with van der Waals surface area (Å²) in [5.41, 5.74) is 0.739. The lowest BCUT2D eigenvalue weighted by atomic mass is 10.2. The Hall–Kier alpha value is -0.920. The van der Waals surface area contributed by atoms with Gasteiger partial charge in [-0.25, -0.2) is 4.79 Å². The number of thiol groups is 1. The monoisotopic (exact) mass is 226 g/mol. The SMILES string of the molecule is COC(=O)c1sccc1C#CCCS. The van der Waals surface area contributed by atoms with Gasteiger partial charge in [-0.2, -0.15) is 12.6 Å². The molecule has 0 saturated heterocycles. The van der Waals surface area contributed by atoms with Crippen LogP contribution in [-0.2, 0) is 4.74 Å². The summed E-state index contributed by atoms with van der Waals surface area (Å²) in [5, 5.41) is 1.83. The van der Waals surface area contributed by atoms with Crippen LogP contribution in [0.4, 0.5) is 0 Å². The molecule has 1 heterocycles. The first-order chi connectivity index (χ1) is 6.79. The van der Waals surface area contributed by atoms with E-state index < -0.39 is 0 Å². The summed E-state index contributed by atoms with van der Waals surface area (Å²) in [6.45, 7) is 0. The van der Waals surface area contributed by atoms with Gasteiger partial charge in [0.2, 0.25) is 0 Å². The fraction of sp³-hybridized carbons (Fsp3) is 0.300. The fourth-order valence-corrected chi connectivity index (χ4v) is 1.75. The van der Waals surface area contributed by atoms with Crippen molar-refractivity contribution in [3.8, 4) is 11.8 Å². The molecule has 0 fully saturated rings. The predicted molar refractivity (Wildman–Crippen MR) is 61.0 cm³/mol. The number of hydrogen-bond donors (Lipinski definition) is 1. The second-order valence-electron chi connectivity index (χ2n) is 2.43. The summed E-state index contributed by atoms with van der Waals surface area (Å²) in [6.07, 6.45) is 0.722. The first-order valence-corrected chi connectivity index (χ1v) is 5.56. The summed E-state index contributed by atoms with van der Waals surface area (Å²) in [4.78, 5) is 11.8. The lowest BCUT2D eigenvalue weighted by Crippen LogP contribution is -1.99. The van der Waals surface area contributed by atoms with Gasteiger partial charge in [0.15, 0.2) is 0 Å². The Morgan fingerprint density at radius 2 is 2.50 bits per heavy atom. The van der Waals surface area contributed by atoms with Gasteiger partial charge in [-0.15, -0.1) is 11.3 Å². The first kappa shape index (κ1) is 11.2. The molecule has 0 aliphatic heterocycles. The van der Waals surface area contributed by atoms with Crippen LogP contribution >= 0.6 is 24.0 Å². The molecule has 0 spiro atoms. The molecule has 1 aromatic heterocycles. The van der Waals surface area contributed by atoms with Crippen LogP contribution in [0.5, 0.6) is 0 Å². The molecule has 0 amide bonds. The van der Waals surface area contributed by atoms with Gasteiger partial charge in [0.25, 0.3) is 0 Å². The van der Waals surface area contributed by atoms with Crippen molar-refractivity contribution in [3.63, 3.8) is 0 Å². The standard InChI is InChI=1S/C10H10O2S2/c1-12-10(11)9-8(5-7-14-9)4-2-3-6-13/h5,7,13H,3,6H2,1H3. The topological polar surface area (TPSA) is 26.3 Å². The third-order valence-electron chi connectivity index (χ3n) is 1.50. The highest BCUT2D eigenvalue weighted by atomic mass is 32.1.